The van der Waals surface area contributed by atoms with Gasteiger partial charge in [0.1, 0.15) is 11.3 Å². The van der Waals surface area contributed by atoms with Crippen molar-refractivity contribution >= 4 is 5.91 Å². The van der Waals surface area contributed by atoms with Crippen LogP contribution in [-0.2, 0) is 11.2 Å². The molecule has 1 N–H and O–H groups in total. The third-order valence-electron chi connectivity index (χ3n) is 6.57. The van der Waals surface area contributed by atoms with Crippen LogP contribution in [0.4, 0.5) is 0 Å². The number of likely N-dealkylation sites (tertiary alicyclic amines) is 1. The molecule has 1 atom stereocenters. The lowest BCUT2D eigenvalue weighted by atomic mass is 9.84. The Labute approximate surface area is 156 Å². The fourth-order valence-electron chi connectivity index (χ4n) is 4.87. The van der Waals surface area contributed by atoms with E-state index in [0.29, 0.717) is 5.92 Å². The average Bonchev–Trinajstić information content (AvgIpc) is 2.93. The summed E-state index contributed by atoms with van der Waals surface area (Å²) >= 11 is 0. The van der Waals surface area contributed by atoms with E-state index in [1.807, 2.05) is 0 Å². The molecule has 1 unspecified atom stereocenters. The highest BCUT2D eigenvalue weighted by Gasteiger charge is 2.45. The maximum Gasteiger partial charge on any atom is 0.240 e. The first kappa shape index (κ1) is 17.8. The molecule has 2 fully saturated rings. The van der Waals surface area contributed by atoms with E-state index >= 15 is 0 Å². The molecule has 1 aromatic rings. The topological polar surface area (TPSA) is 44.8 Å². The fourth-order valence-corrected chi connectivity index (χ4v) is 4.87. The number of nitrogens with zero attached hydrogens (tertiary/aromatic N) is 2. The molecule has 3 heterocycles. The summed E-state index contributed by atoms with van der Waals surface area (Å²) in [5, 5.41) is 3.14. The summed E-state index contributed by atoms with van der Waals surface area (Å²) in [5.74, 6) is 1.94. The summed E-state index contributed by atoms with van der Waals surface area (Å²) in [7, 11) is 2.13. The number of likely N-dealkylation sites (N-methyl/N-ethyl adjacent to an activating group) is 1. The molecule has 0 saturated carbocycles. The minimum absolute atomic E-state index is 0.244. The molecule has 0 bridgehead atoms. The van der Waals surface area contributed by atoms with Crippen molar-refractivity contribution in [3.63, 3.8) is 0 Å². The van der Waals surface area contributed by atoms with Crippen LogP contribution in [0, 0.1) is 5.92 Å². The van der Waals surface area contributed by atoms with Crippen molar-refractivity contribution < 1.29 is 9.53 Å². The Balaban J connectivity index is 1.37. The van der Waals surface area contributed by atoms with Gasteiger partial charge in [0.05, 0.1) is 6.61 Å². The smallest absolute Gasteiger partial charge is 0.240 e. The number of benzene rings is 1. The molecule has 5 nitrogen and oxygen atoms in total. The highest BCUT2D eigenvalue weighted by atomic mass is 16.5. The molecule has 3 aliphatic heterocycles. The maximum absolute atomic E-state index is 12.7. The lowest BCUT2D eigenvalue weighted by Gasteiger charge is -2.45. The van der Waals surface area contributed by atoms with Gasteiger partial charge >= 0.3 is 0 Å². The average molecular weight is 357 g/mol. The zero-order valence-corrected chi connectivity index (χ0v) is 15.9. The standard InChI is InChI=1S/C21H31N3O2/c1-23-11-4-10-22-20(25)21(23)8-12-24(13-9-21)16-17-7-14-26-19-6-3-2-5-18(19)15-17/h2-3,5-6,17H,4,7-16H2,1H3,(H,22,25). The van der Waals surface area contributed by atoms with Crippen LogP contribution in [0.3, 0.4) is 0 Å². The van der Waals surface area contributed by atoms with Gasteiger partial charge in [-0.3, -0.25) is 9.69 Å². The van der Waals surface area contributed by atoms with Crippen molar-refractivity contribution in [3.05, 3.63) is 29.8 Å². The number of nitrogens with one attached hydrogen (secondary N) is 1. The van der Waals surface area contributed by atoms with Crippen LogP contribution in [0.5, 0.6) is 5.75 Å². The number of piperidine rings is 1. The maximum atomic E-state index is 12.7. The van der Waals surface area contributed by atoms with Gasteiger partial charge in [0.15, 0.2) is 0 Å². The second-order valence-electron chi connectivity index (χ2n) is 8.18. The lowest BCUT2D eigenvalue weighted by molar-refractivity contribution is -0.134. The summed E-state index contributed by atoms with van der Waals surface area (Å²) in [5.41, 5.74) is 1.05. The van der Waals surface area contributed by atoms with Crippen LogP contribution in [0.15, 0.2) is 24.3 Å². The molecule has 1 spiro atoms. The number of para-hydroxylation sites is 1. The molecule has 5 heteroatoms. The second kappa shape index (κ2) is 7.57. The monoisotopic (exact) mass is 357 g/mol. The van der Waals surface area contributed by atoms with E-state index in [2.05, 4.69) is 46.4 Å². The molecule has 1 amide bonds. The van der Waals surface area contributed by atoms with Crippen molar-refractivity contribution in [1.82, 2.24) is 15.1 Å². The van der Waals surface area contributed by atoms with Crippen LogP contribution < -0.4 is 10.1 Å². The number of amides is 1. The first-order valence-electron chi connectivity index (χ1n) is 10.1. The van der Waals surface area contributed by atoms with E-state index in [-0.39, 0.29) is 11.4 Å². The van der Waals surface area contributed by atoms with E-state index in [4.69, 9.17) is 4.74 Å². The minimum atomic E-state index is -0.286. The van der Waals surface area contributed by atoms with E-state index in [1.54, 1.807) is 0 Å². The van der Waals surface area contributed by atoms with Gasteiger partial charge in [0.25, 0.3) is 0 Å². The van der Waals surface area contributed by atoms with Gasteiger partial charge in [-0.2, -0.15) is 0 Å². The predicted octanol–water partition coefficient (Wildman–Crippen LogP) is 1.91. The third-order valence-corrected chi connectivity index (χ3v) is 6.57. The Morgan fingerprint density at radius 2 is 2.04 bits per heavy atom. The SMILES string of the molecule is CN1CCCNC(=O)C12CCN(CC1CCOc3ccccc3C1)CC2. The van der Waals surface area contributed by atoms with Crippen LogP contribution in [0.1, 0.15) is 31.2 Å². The van der Waals surface area contributed by atoms with Gasteiger partial charge in [0.2, 0.25) is 5.91 Å². The molecule has 0 aromatic heterocycles. The largest absolute Gasteiger partial charge is 0.493 e. The van der Waals surface area contributed by atoms with Crippen molar-refractivity contribution in [2.45, 2.75) is 37.6 Å². The molecule has 2 saturated heterocycles. The van der Waals surface area contributed by atoms with Crippen molar-refractivity contribution in [1.29, 1.82) is 0 Å². The molecule has 142 valence electrons. The highest BCUT2D eigenvalue weighted by molar-refractivity contribution is 5.86. The van der Waals surface area contributed by atoms with Crippen LogP contribution >= 0.6 is 0 Å². The quantitative estimate of drug-likeness (QED) is 0.878. The second-order valence-corrected chi connectivity index (χ2v) is 8.18. The number of carbonyl (C=O) groups is 1. The highest BCUT2D eigenvalue weighted by Crippen LogP contribution is 2.32. The van der Waals surface area contributed by atoms with Gasteiger partial charge in [-0.15, -0.1) is 0 Å². The number of hydrogen-bond donors (Lipinski definition) is 1. The molecule has 0 radical (unpaired) electrons. The first-order chi connectivity index (χ1) is 12.7. The molecular weight excluding hydrogens is 326 g/mol. The first-order valence-corrected chi connectivity index (χ1v) is 10.1. The fraction of sp³-hybridized carbons (Fsp3) is 0.667. The van der Waals surface area contributed by atoms with E-state index in [0.717, 1.165) is 77.2 Å². The van der Waals surface area contributed by atoms with Gasteiger partial charge < -0.3 is 15.0 Å². The Hall–Kier alpha value is -1.59. The van der Waals surface area contributed by atoms with Gasteiger partial charge in [-0.05, 0) is 56.7 Å². The Kier molecular flexibility index (Phi) is 5.18. The molecule has 26 heavy (non-hydrogen) atoms. The number of carbonyl (C=O) groups excluding carboxylic acids is 1. The zero-order valence-electron chi connectivity index (χ0n) is 15.9. The van der Waals surface area contributed by atoms with E-state index in [9.17, 15) is 4.79 Å². The lowest BCUT2D eigenvalue weighted by Crippen LogP contribution is -2.61. The molecular formula is C21H31N3O2. The summed E-state index contributed by atoms with van der Waals surface area (Å²) in [6.07, 6.45) is 5.13. The Morgan fingerprint density at radius 1 is 1.23 bits per heavy atom. The van der Waals surface area contributed by atoms with Crippen molar-refractivity contribution in [2.24, 2.45) is 5.92 Å². The molecule has 0 aliphatic carbocycles. The Bertz CT molecular complexity index is 640. The Morgan fingerprint density at radius 3 is 2.88 bits per heavy atom. The summed E-state index contributed by atoms with van der Waals surface area (Å²) in [4.78, 5) is 17.6. The predicted molar refractivity (Wildman–Crippen MR) is 102 cm³/mol. The van der Waals surface area contributed by atoms with E-state index < -0.39 is 0 Å². The van der Waals surface area contributed by atoms with Crippen LogP contribution in [0.25, 0.3) is 0 Å². The molecule has 1 aromatic carbocycles. The number of ether oxygens (including phenoxy) is 1. The number of hydrogen-bond acceptors (Lipinski definition) is 4. The molecule has 3 aliphatic rings. The number of rotatable bonds is 2. The van der Waals surface area contributed by atoms with Crippen LogP contribution in [0.2, 0.25) is 0 Å². The van der Waals surface area contributed by atoms with Gasteiger partial charge in [-0.1, -0.05) is 18.2 Å². The summed E-state index contributed by atoms with van der Waals surface area (Å²) in [6, 6.07) is 8.44. The van der Waals surface area contributed by atoms with Gasteiger partial charge in [0, 0.05) is 32.7 Å². The van der Waals surface area contributed by atoms with E-state index in [1.165, 1.54) is 5.56 Å². The van der Waals surface area contributed by atoms with Gasteiger partial charge in [-0.25, -0.2) is 0 Å². The van der Waals surface area contributed by atoms with Crippen molar-refractivity contribution in [2.75, 3.05) is 46.4 Å². The minimum Gasteiger partial charge on any atom is -0.493 e. The van der Waals surface area contributed by atoms with Crippen molar-refractivity contribution in [3.8, 4) is 5.75 Å². The molecule has 4 rings (SSSR count). The number of fused-ring (bicyclic) bond motifs is 1. The third kappa shape index (κ3) is 3.47. The normalized spacial score (nSPS) is 27.1. The van der Waals surface area contributed by atoms with Crippen LogP contribution in [-0.4, -0.2) is 67.6 Å². The zero-order chi connectivity index (χ0) is 18.0. The summed E-state index contributed by atoms with van der Waals surface area (Å²) in [6.45, 7) is 5.77. The summed E-state index contributed by atoms with van der Waals surface area (Å²) < 4.78 is 5.92.